The summed E-state index contributed by atoms with van der Waals surface area (Å²) in [5, 5.41) is 16.6. The van der Waals surface area contributed by atoms with E-state index < -0.39 is 0 Å². The number of hydrogen-bond acceptors (Lipinski definition) is 2. The van der Waals surface area contributed by atoms with Gasteiger partial charge in [0, 0.05) is 13.2 Å². The van der Waals surface area contributed by atoms with Gasteiger partial charge in [-0.2, -0.15) is 0 Å². The zero-order valence-corrected chi connectivity index (χ0v) is 5.14. The lowest BCUT2D eigenvalue weighted by atomic mass is 10.2. The van der Waals surface area contributed by atoms with Crippen LogP contribution in [-0.2, 0) is 0 Å². The number of hydrogen-bond donors (Lipinski definition) is 2. The van der Waals surface area contributed by atoms with Gasteiger partial charge >= 0.3 is 0 Å². The van der Waals surface area contributed by atoms with Crippen LogP contribution in [0.1, 0.15) is 25.7 Å². The molecule has 0 atom stereocenters. The Balaban J connectivity index is 0. The first-order chi connectivity index (χ1) is 3.91. The van der Waals surface area contributed by atoms with E-state index in [9.17, 15) is 0 Å². The minimum atomic E-state index is 0. The zero-order chi connectivity index (χ0) is 6.24. The summed E-state index contributed by atoms with van der Waals surface area (Å²) in [7, 11) is 0. The van der Waals surface area contributed by atoms with Crippen molar-refractivity contribution in [3.05, 3.63) is 0 Å². The molecule has 0 heterocycles. The summed E-state index contributed by atoms with van der Waals surface area (Å²) in [5.41, 5.74) is 0. The summed E-state index contributed by atoms with van der Waals surface area (Å²) in [6.45, 7) is 0.566. The van der Waals surface area contributed by atoms with Crippen LogP contribution in [0, 0.1) is 0 Å². The predicted molar refractivity (Wildman–Crippen MR) is 42.6 cm³/mol. The number of rotatable bonds is 5. The third-order valence-corrected chi connectivity index (χ3v) is 1.07. The zero-order valence-electron chi connectivity index (χ0n) is 5.14. The highest BCUT2D eigenvalue weighted by atomic mass is 16.3. The van der Waals surface area contributed by atoms with Gasteiger partial charge in [0.1, 0.15) is 0 Å². The predicted octanol–water partition coefficient (Wildman–Crippen LogP) is -0.653. The largest absolute Gasteiger partial charge is 0.396 e. The first kappa shape index (κ1) is 11.7. The first-order valence-electron chi connectivity index (χ1n) is 3.13. The standard InChI is InChI=1S/C6H14O2.BH3/c7-5-3-1-2-4-6-8;/h7-8H,1-6H2;1H3. The molecule has 56 valence electrons. The quantitative estimate of drug-likeness (QED) is 0.385. The van der Waals surface area contributed by atoms with E-state index in [-0.39, 0.29) is 21.6 Å². The van der Waals surface area contributed by atoms with Gasteiger partial charge in [0.2, 0.25) is 0 Å². The van der Waals surface area contributed by atoms with Crippen molar-refractivity contribution >= 4 is 8.41 Å². The third-order valence-electron chi connectivity index (χ3n) is 1.07. The highest BCUT2D eigenvalue weighted by Crippen LogP contribution is 1.96. The topological polar surface area (TPSA) is 40.5 Å². The Morgan fingerprint density at radius 2 is 1.00 bits per heavy atom. The Labute approximate surface area is 58.5 Å². The minimum Gasteiger partial charge on any atom is -0.396 e. The van der Waals surface area contributed by atoms with E-state index in [0.717, 1.165) is 25.7 Å². The van der Waals surface area contributed by atoms with Crippen LogP contribution in [0.25, 0.3) is 0 Å². The second-order valence-electron chi connectivity index (χ2n) is 1.86. The molecule has 3 heteroatoms. The maximum Gasteiger partial charge on any atom is 0.0814 e. The van der Waals surface area contributed by atoms with Crippen molar-refractivity contribution in [2.24, 2.45) is 0 Å². The summed E-state index contributed by atoms with van der Waals surface area (Å²) < 4.78 is 0. The van der Waals surface area contributed by atoms with Crippen molar-refractivity contribution in [2.75, 3.05) is 13.2 Å². The van der Waals surface area contributed by atoms with Gasteiger partial charge in [-0.1, -0.05) is 12.8 Å². The molecule has 2 nitrogen and oxygen atoms in total. The minimum absolute atomic E-state index is 0. The molecule has 0 saturated heterocycles. The molecule has 0 unspecified atom stereocenters. The second kappa shape index (κ2) is 10.9. The third kappa shape index (κ3) is 11.5. The van der Waals surface area contributed by atoms with Crippen LogP contribution in [0.2, 0.25) is 0 Å². The van der Waals surface area contributed by atoms with Crippen molar-refractivity contribution < 1.29 is 10.2 Å². The summed E-state index contributed by atoms with van der Waals surface area (Å²) in [4.78, 5) is 0. The molecule has 0 amide bonds. The SMILES string of the molecule is B.OCCCCCCO. The molecule has 0 saturated carbocycles. The van der Waals surface area contributed by atoms with Gasteiger partial charge in [-0.05, 0) is 12.8 Å². The lowest BCUT2D eigenvalue weighted by Gasteiger charge is -1.93. The van der Waals surface area contributed by atoms with Gasteiger partial charge in [0.25, 0.3) is 0 Å². The van der Waals surface area contributed by atoms with E-state index in [1.165, 1.54) is 0 Å². The average molecular weight is 132 g/mol. The van der Waals surface area contributed by atoms with Crippen LogP contribution in [0.3, 0.4) is 0 Å². The second-order valence-corrected chi connectivity index (χ2v) is 1.86. The Kier molecular flexibility index (Phi) is 14.2. The summed E-state index contributed by atoms with van der Waals surface area (Å²) in [6.07, 6.45) is 3.83. The Morgan fingerprint density at radius 3 is 1.22 bits per heavy atom. The molecule has 0 aromatic carbocycles. The van der Waals surface area contributed by atoms with Crippen molar-refractivity contribution in [2.45, 2.75) is 25.7 Å². The normalized spacial score (nSPS) is 8.67. The number of aliphatic hydroxyl groups is 2. The number of unbranched alkanes of at least 4 members (excludes halogenated alkanes) is 3. The van der Waals surface area contributed by atoms with Crippen LogP contribution in [-0.4, -0.2) is 31.8 Å². The van der Waals surface area contributed by atoms with Crippen LogP contribution in [0.4, 0.5) is 0 Å². The van der Waals surface area contributed by atoms with E-state index in [1.807, 2.05) is 0 Å². The van der Waals surface area contributed by atoms with Gasteiger partial charge < -0.3 is 10.2 Å². The van der Waals surface area contributed by atoms with Crippen LogP contribution >= 0.6 is 0 Å². The summed E-state index contributed by atoms with van der Waals surface area (Å²) in [5.74, 6) is 0. The van der Waals surface area contributed by atoms with Gasteiger partial charge in [-0.3, -0.25) is 0 Å². The molecule has 9 heavy (non-hydrogen) atoms. The summed E-state index contributed by atoms with van der Waals surface area (Å²) in [6, 6.07) is 0. The van der Waals surface area contributed by atoms with Crippen molar-refractivity contribution in [3.63, 3.8) is 0 Å². The molecular weight excluding hydrogens is 115 g/mol. The molecule has 0 aliphatic rings. The average Bonchev–Trinajstić information content (AvgIpc) is 1.81. The molecule has 0 rings (SSSR count). The maximum atomic E-state index is 8.30. The number of aliphatic hydroxyl groups excluding tert-OH is 2. The monoisotopic (exact) mass is 132 g/mol. The highest BCUT2D eigenvalue weighted by Gasteiger charge is 1.84. The molecule has 0 spiro atoms. The van der Waals surface area contributed by atoms with Gasteiger partial charge in [-0.15, -0.1) is 0 Å². The van der Waals surface area contributed by atoms with E-state index >= 15 is 0 Å². The van der Waals surface area contributed by atoms with Crippen molar-refractivity contribution in [1.29, 1.82) is 0 Å². The fraction of sp³-hybridized carbons (Fsp3) is 1.00. The maximum absolute atomic E-state index is 8.30. The van der Waals surface area contributed by atoms with E-state index in [1.54, 1.807) is 0 Å². The molecule has 0 aliphatic carbocycles. The van der Waals surface area contributed by atoms with Crippen LogP contribution in [0.5, 0.6) is 0 Å². The molecular formula is C6H17BO2. The molecule has 0 fully saturated rings. The lowest BCUT2D eigenvalue weighted by molar-refractivity contribution is 0.265. The van der Waals surface area contributed by atoms with E-state index in [2.05, 4.69) is 0 Å². The highest BCUT2D eigenvalue weighted by molar-refractivity contribution is 5.75. The smallest absolute Gasteiger partial charge is 0.0814 e. The molecule has 0 bridgehead atoms. The van der Waals surface area contributed by atoms with Gasteiger partial charge in [-0.25, -0.2) is 0 Å². The fourth-order valence-electron chi connectivity index (χ4n) is 0.577. The van der Waals surface area contributed by atoms with E-state index in [4.69, 9.17) is 10.2 Å². The molecule has 0 aromatic heterocycles. The molecule has 2 N–H and O–H groups in total. The Hall–Kier alpha value is -0.0151. The lowest BCUT2D eigenvalue weighted by Crippen LogP contribution is -1.85. The van der Waals surface area contributed by atoms with Crippen LogP contribution in [0.15, 0.2) is 0 Å². The van der Waals surface area contributed by atoms with Crippen molar-refractivity contribution in [1.82, 2.24) is 0 Å². The molecule has 0 radical (unpaired) electrons. The molecule has 0 aromatic rings. The van der Waals surface area contributed by atoms with Gasteiger partial charge in [0.05, 0.1) is 8.41 Å². The Bertz CT molecular complexity index is 36.0. The van der Waals surface area contributed by atoms with Gasteiger partial charge in [0.15, 0.2) is 0 Å². The van der Waals surface area contributed by atoms with Crippen LogP contribution < -0.4 is 0 Å². The van der Waals surface area contributed by atoms with E-state index in [0.29, 0.717) is 0 Å². The Morgan fingerprint density at radius 1 is 0.667 bits per heavy atom. The fourth-order valence-corrected chi connectivity index (χ4v) is 0.577. The van der Waals surface area contributed by atoms with Crippen molar-refractivity contribution in [3.8, 4) is 0 Å². The molecule has 0 aliphatic heterocycles. The first-order valence-corrected chi connectivity index (χ1v) is 3.13. The summed E-state index contributed by atoms with van der Waals surface area (Å²) >= 11 is 0.